The summed E-state index contributed by atoms with van der Waals surface area (Å²) in [6.07, 6.45) is 0.709. The molecule has 1 aliphatic heterocycles. The van der Waals surface area contributed by atoms with Crippen molar-refractivity contribution in [3.05, 3.63) is 29.1 Å². The van der Waals surface area contributed by atoms with Crippen molar-refractivity contribution in [2.24, 2.45) is 11.3 Å². The van der Waals surface area contributed by atoms with Crippen LogP contribution in [-0.4, -0.2) is 18.1 Å². The minimum atomic E-state index is -4.50. The normalized spacial score (nSPS) is 23.8. The first kappa shape index (κ1) is 14.3. The van der Waals surface area contributed by atoms with Crippen LogP contribution in [0, 0.1) is 22.7 Å². The predicted molar refractivity (Wildman–Crippen MR) is 70.3 cm³/mol. The maximum atomic E-state index is 12.6. The van der Waals surface area contributed by atoms with Gasteiger partial charge in [0.1, 0.15) is 5.69 Å². The molecule has 0 amide bonds. The van der Waals surface area contributed by atoms with E-state index in [9.17, 15) is 13.2 Å². The molecule has 6 heteroatoms. The highest BCUT2D eigenvalue weighted by molar-refractivity contribution is 5.38. The van der Waals surface area contributed by atoms with Crippen LogP contribution in [0.1, 0.15) is 36.1 Å². The van der Waals surface area contributed by atoms with Crippen molar-refractivity contribution in [1.29, 1.82) is 5.26 Å². The smallest absolute Gasteiger partial charge is 0.316 e. The van der Waals surface area contributed by atoms with Gasteiger partial charge in [-0.3, -0.25) is 4.98 Å². The number of pyridine rings is 1. The van der Waals surface area contributed by atoms with Gasteiger partial charge in [0.25, 0.3) is 0 Å². The second kappa shape index (κ2) is 4.99. The van der Waals surface area contributed by atoms with Crippen LogP contribution in [0.2, 0.25) is 0 Å². The topological polar surface area (TPSA) is 48.7 Å². The average Bonchev–Trinajstić information content (AvgIpc) is 2.82. The molecule has 1 saturated carbocycles. The summed E-state index contributed by atoms with van der Waals surface area (Å²) < 4.78 is 37.9. The first-order valence-electron chi connectivity index (χ1n) is 7.09. The van der Waals surface area contributed by atoms with Gasteiger partial charge in [-0.1, -0.05) is 0 Å². The van der Waals surface area contributed by atoms with Gasteiger partial charge in [-0.15, -0.1) is 0 Å². The van der Waals surface area contributed by atoms with Crippen molar-refractivity contribution in [2.45, 2.75) is 31.9 Å². The van der Waals surface area contributed by atoms with Crippen LogP contribution in [0.4, 0.5) is 13.2 Å². The molecule has 2 fully saturated rings. The van der Waals surface area contributed by atoms with Crippen molar-refractivity contribution in [1.82, 2.24) is 10.3 Å². The van der Waals surface area contributed by atoms with E-state index in [2.05, 4.69) is 10.3 Å². The summed E-state index contributed by atoms with van der Waals surface area (Å²) >= 11 is 0. The molecule has 1 aromatic rings. The van der Waals surface area contributed by atoms with Crippen LogP contribution in [0.5, 0.6) is 0 Å². The summed E-state index contributed by atoms with van der Waals surface area (Å²) in [4.78, 5) is 3.48. The zero-order valence-corrected chi connectivity index (χ0v) is 11.5. The third-order valence-corrected chi connectivity index (χ3v) is 4.71. The van der Waals surface area contributed by atoms with Gasteiger partial charge in [0.05, 0.1) is 11.6 Å². The zero-order valence-electron chi connectivity index (χ0n) is 11.5. The molecule has 0 aromatic carbocycles. The van der Waals surface area contributed by atoms with Crippen LogP contribution in [0.3, 0.4) is 0 Å². The number of hydrogen-bond acceptors (Lipinski definition) is 3. The summed E-state index contributed by atoms with van der Waals surface area (Å²) in [5, 5.41) is 12.4. The fraction of sp³-hybridized carbons (Fsp3) is 0.600. The van der Waals surface area contributed by atoms with Gasteiger partial charge >= 0.3 is 6.18 Å². The number of nitrogens with zero attached hydrogens (tertiary/aromatic N) is 2. The average molecular weight is 295 g/mol. The van der Waals surface area contributed by atoms with Crippen molar-refractivity contribution in [2.75, 3.05) is 13.1 Å². The molecular weight excluding hydrogens is 279 g/mol. The Morgan fingerprint density at radius 3 is 2.71 bits per heavy atom. The Balaban J connectivity index is 1.75. The summed E-state index contributed by atoms with van der Waals surface area (Å²) in [6, 6.07) is 2.74. The number of alkyl halides is 3. The Kier molecular flexibility index (Phi) is 3.40. The standard InChI is InChI=1S/C15H16F3N3/c16-15(17,18)13-4-11(6-19)12(7-21-13)3-10-1-2-14(5-10)8-20-9-14/h4,7,10,20H,1-3,5,8-9H2. The molecule has 21 heavy (non-hydrogen) atoms. The Morgan fingerprint density at radius 1 is 1.43 bits per heavy atom. The van der Waals surface area contributed by atoms with E-state index in [1.807, 2.05) is 6.07 Å². The van der Waals surface area contributed by atoms with Crippen molar-refractivity contribution < 1.29 is 13.2 Å². The van der Waals surface area contributed by atoms with Gasteiger partial charge in [0.15, 0.2) is 0 Å². The van der Waals surface area contributed by atoms with Crippen LogP contribution < -0.4 is 5.32 Å². The molecule has 1 aromatic heterocycles. The lowest BCUT2D eigenvalue weighted by Gasteiger charge is -2.39. The van der Waals surface area contributed by atoms with E-state index in [0.717, 1.165) is 32.0 Å². The Bertz CT molecular complexity index is 585. The van der Waals surface area contributed by atoms with Gasteiger partial charge in [0.2, 0.25) is 0 Å². The van der Waals surface area contributed by atoms with Gasteiger partial charge < -0.3 is 5.32 Å². The third kappa shape index (κ3) is 2.75. The van der Waals surface area contributed by atoms with Gasteiger partial charge in [-0.25, -0.2) is 0 Å². The Labute approximate surface area is 121 Å². The maximum absolute atomic E-state index is 12.6. The zero-order chi connectivity index (χ0) is 15.1. The molecule has 1 saturated heterocycles. The molecule has 0 bridgehead atoms. The second-order valence-corrected chi connectivity index (χ2v) is 6.25. The molecule has 1 N–H and O–H groups in total. The number of halogens is 3. The summed E-state index contributed by atoms with van der Waals surface area (Å²) in [7, 11) is 0. The molecule has 1 atom stereocenters. The Morgan fingerprint density at radius 2 is 2.19 bits per heavy atom. The van der Waals surface area contributed by atoms with E-state index in [1.54, 1.807) is 0 Å². The molecule has 3 rings (SSSR count). The number of aromatic nitrogens is 1. The first-order valence-corrected chi connectivity index (χ1v) is 7.09. The van der Waals surface area contributed by atoms with E-state index in [-0.39, 0.29) is 5.56 Å². The lowest BCUT2D eigenvalue weighted by atomic mass is 9.79. The van der Waals surface area contributed by atoms with E-state index in [4.69, 9.17) is 5.26 Å². The third-order valence-electron chi connectivity index (χ3n) is 4.71. The molecule has 1 aliphatic carbocycles. The first-order chi connectivity index (χ1) is 9.92. The monoisotopic (exact) mass is 295 g/mol. The fourth-order valence-electron chi connectivity index (χ4n) is 3.52. The van der Waals surface area contributed by atoms with Crippen LogP contribution in [-0.2, 0) is 12.6 Å². The van der Waals surface area contributed by atoms with Crippen molar-refractivity contribution in [3.8, 4) is 6.07 Å². The lowest BCUT2D eigenvalue weighted by molar-refractivity contribution is -0.141. The maximum Gasteiger partial charge on any atom is 0.433 e. The van der Waals surface area contributed by atoms with Crippen LogP contribution in [0.15, 0.2) is 12.3 Å². The lowest BCUT2D eigenvalue weighted by Crippen LogP contribution is -2.51. The Hall–Kier alpha value is -1.61. The van der Waals surface area contributed by atoms with Gasteiger partial charge in [-0.2, -0.15) is 18.4 Å². The summed E-state index contributed by atoms with van der Waals surface area (Å²) in [5.41, 5.74) is 0.148. The largest absolute Gasteiger partial charge is 0.433 e. The second-order valence-electron chi connectivity index (χ2n) is 6.25. The summed E-state index contributed by atoms with van der Waals surface area (Å²) in [6.45, 7) is 2.08. The summed E-state index contributed by atoms with van der Waals surface area (Å²) in [5.74, 6) is 0.442. The molecular formula is C15H16F3N3. The van der Waals surface area contributed by atoms with Crippen LogP contribution >= 0.6 is 0 Å². The number of nitriles is 1. The van der Waals surface area contributed by atoms with Gasteiger partial charge in [-0.05, 0) is 48.6 Å². The molecule has 112 valence electrons. The SMILES string of the molecule is N#Cc1cc(C(F)(F)F)ncc1CC1CCC2(CNC2)C1. The fourth-order valence-corrected chi connectivity index (χ4v) is 3.52. The van der Waals surface area contributed by atoms with Crippen LogP contribution in [0.25, 0.3) is 0 Å². The van der Waals surface area contributed by atoms with E-state index in [1.165, 1.54) is 12.6 Å². The molecule has 1 spiro atoms. The van der Waals surface area contributed by atoms with E-state index in [0.29, 0.717) is 23.3 Å². The quantitative estimate of drug-likeness (QED) is 0.912. The molecule has 1 unspecified atom stereocenters. The van der Waals surface area contributed by atoms with E-state index >= 15 is 0 Å². The minimum Gasteiger partial charge on any atom is -0.316 e. The van der Waals surface area contributed by atoms with Gasteiger partial charge in [0, 0.05) is 19.3 Å². The highest BCUT2D eigenvalue weighted by Crippen LogP contribution is 2.45. The molecule has 2 heterocycles. The highest BCUT2D eigenvalue weighted by atomic mass is 19.4. The van der Waals surface area contributed by atoms with Crippen molar-refractivity contribution in [3.63, 3.8) is 0 Å². The van der Waals surface area contributed by atoms with E-state index < -0.39 is 11.9 Å². The number of hydrogen-bond donors (Lipinski definition) is 1. The molecule has 0 radical (unpaired) electrons. The van der Waals surface area contributed by atoms with Crippen molar-refractivity contribution >= 4 is 0 Å². The number of rotatable bonds is 2. The molecule has 3 nitrogen and oxygen atoms in total. The number of nitrogens with one attached hydrogen (secondary N) is 1. The molecule has 2 aliphatic rings. The highest BCUT2D eigenvalue weighted by Gasteiger charge is 2.43. The minimum absolute atomic E-state index is 0.102. The predicted octanol–water partition coefficient (Wildman–Crippen LogP) is 2.90.